The van der Waals surface area contributed by atoms with Gasteiger partial charge in [-0.25, -0.2) is 18.0 Å². The standard InChI is InChI=1S/C10H11F3N2O4/c11-4-9(5-16)3-10(12,13)7(19-9)15-2-1-6(17)14-8(15)18/h1-2,7,16H,3-5H2,(H,14,17,18)/t7-,9-/m1/s1. The first-order valence-electron chi connectivity index (χ1n) is 5.37. The van der Waals surface area contributed by atoms with Crippen molar-refractivity contribution in [1.29, 1.82) is 0 Å². The van der Waals surface area contributed by atoms with Crippen molar-refractivity contribution in [2.45, 2.75) is 24.2 Å². The molecule has 2 atom stereocenters. The summed E-state index contributed by atoms with van der Waals surface area (Å²) in [4.78, 5) is 24.1. The Bertz CT molecular complexity index is 579. The minimum absolute atomic E-state index is 0.467. The number of halogens is 3. The minimum Gasteiger partial charge on any atom is -0.393 e. The molecule has 9 heteroatoms. The number of rotatable bonds is 3. The topological polar surface area (TPSA) is 84.3 Å². The van der Waals surface area contributed by atoms with Crippen LogP contribution in [0, 0.1) is 0 Å². The number of hydrogen-bond donors (Lipinski definition) is 2. The smallest absolute Gasteiger partial charge is 0.330 e. The predicted molar refractivity (Wildman–Crippen MR) is 56.8 cm³/mol. The maximum atomic E-state index is 13.8. The van der Waals surface area contributed by atoms with Gasteiger partial charge in [0.15, 0.2) is 0 Å². The first-order chi connectivity index (χ1) is 8.83. The summed E-state index contributed by atoms with van der Waals surface area (Å²) in [6.07, 6.45) is -2.28. The molecule has 6 nitrogen and oxygen atoms in total. The van der Waals surface area contributed by atoms with Gasteiger partial charge in [0, 0.05) is 12.3 Å². The molecule has 2 N–H and O–H groups in total. The Kier molecular flexibility index (Phi) is 3.27. The molecule has 2 heterocycles. The summed E-state index contributed by atoms with van der Waals surface area (Å²) >= 11 is 0. The molecule has 0 bridgehead atoms. The molecule has 1 aromatic heterocycles. The fourth-order valence-corrected chi connectivity index (χ4v) is 1.97. The second-order valence-corrected chi connectivity index (χ2v) is 4.40. The molecule has 106 valence electrons. The molecular weight excluding hydrogens is 269 g/mol. The zero-order valence-electron chi connectivity index (χ0n) is 9.61. The van der Waals surface area contributed by atoms with Crippen LogP contribution >= 0.6 is 0 Å². The van der Waals surface area contributed by atoms with Crippen molar-refractivity contribution in [3.05, 3.63) is 33.1 Å². The number of H-pyrrole nitrogens is 1. The SMILES string of the molecule is O=c1ccn([C@@H]2O[C@@](CO)(CF)CC2(F)F)c(=O)[nH]1. The van der Waals surface area contributed by atoms with Crippen LogP contribution in [0.5, 0.6) is 0 Å². The lowest BCUT2D eigenvalue weighted by Gasteiger charge is -2.23. The van der Waals surface area contributed by atoms with Gasteiger partial charge < -0.3 is 9.84 Å². The van der Waals surface area contributed by atoms with E-state index in [4.69, 9.17) is 9.84 Å². The Morgan fingerprint density at radius 2 is 2.21 bits per heavy atom. The van der Waals surface area contributed by atoms with Crippen LogP contribution < -0.4 is 11.2 Å². The van der Waals surface area contributed by atoms with Crippen LogP contribution in [0.2, 0.25) is 0 Å². The molecule has 0 aromatic carbocycles. The molecule has 0 saturated carbocycles. The molecule has 0 aliphatic carbocycles. The Balaban J connectivity index is 2.45. The lowest BCUT2D eigenvalue weighted by atomic mass is 10.0. The highest BCUT2D eigenvalue weighted by Gasteiger charge is 2.59. The summed E-state index contributed by atoms with van der Waals surface area (Å²) in [5, 5.41) is 8.98. The second-order valence-electron chi connectivity index (χ2n) is 4.40. The number of alkyl halides is 3. The van der Waals surface area contributed by atoms with Crippen LogP contribution in [-0.2, 0) is 4.74 Å². The average molecular weight is 280 g/mol. The molecule has 0 amide bonds. The quantitative estimate of drug-likeness (QED) is 0.802. The molecule has 2 rings (SSSR count). The zero-order chi connectivity index (χ0) is 14.3. The number of aliphatic hydroxyl groups excluding tert-OH is 1. The lowest BCUT2D eigenvalue weighted by Crippen LogP contribution is -2.38. The number of aromatic nitrogens is 2. The molecule has 1 aromatic rings. The van der Waals surface area contributed by atoms with Crippen molar-refractivity contribution in [3.63, 3.8) is 0 Å². The number of hydrogen-bond acceptors (Lipinski definition) is 4. The Morgan fingerprint density at radius 3 is 2.68 bits per heavy atom. The Hall–Kier alpha value is -1.61. The summed E-state index contributed by atoms with van der Waals surface area (Å²) in [5.41, 5.74) is -3.88. The third-order valence-electron chi connectivity index (χ3n) is 2.92. The highest BCUT2D eigenvalue weighted by Crippen LogP contribution is 2.47. The van der Waals surface area contributed by atoms with Gasteiger partial charge in [0.25, 0.3) is 11.5 Å². The second kappa shape index (κ2) is 4.49. The van der Waals surface area contributed by atoms with Crippen LogP contribution in [0.1, 0.15) is 12.6 Å². The Labute approximate surface area is 104 Å². The van der Waals surface area contributed by atoms with Gasteiger partial charge in [-0.3, -0.25) is 14.3 Å². The van der Waals surface area contributed by atoms with E-state index in [2.05, 4.69) is 0 Å². The summed E-state index contributed by atoms with van der Waals surface area (Å²) in [5.74, 6) is -3.54. The fraction of sp³-hybridized carbons (Fsp3) is 0.600. The monoisotopic (exact) mass is 280 g/mol. The van der Waals surface area contributed by atoms with Crippen molar-refractivity contribution in [2.75, 3.05) is 13.3 Å². The van der Waals surface area contributed by atoms with Crippen molar-refractivity contribution < 1.29 is 23.0 Å². The first-order valence-corrected chi connectivity index (χ1v) is 5.37. The van der Waals surface area contributed by atoms with E-state index in [1.54, 1.807) is 4.98 Å². The molecular formula is C10H11F3N2O4. The van der Waals surface area contributed by atoms with E-state index in [1.807, 2.05) is 0 Å². The normalized spacial score (nSPS) is 29.6. The largest absolute Gasteiger partial charge is 0.393 e. The fourth-order valence-electron chi connectivity index (χ4n) is 1.97. The molecule has 0 radical (unpaired) electrons. The molecule has 0 unspecified atom stereocenters. The van der Waals surface area contributed by atoms with Crippen LogP contribution in [-0.4, -0.2) is 39.5 Å². The van der Waals surface area contributed by atoms with Crippen LogP contribution in [0.3, 0.4) is 0 Å². The number of aliphatic hydroxyl groups is 1. The molecule has 1 fully saturated rings. The van der Waals surface area contributed by atoms with Gasteiger partial charge in [0.05, 0.1) is 13.0 Å². The first kappa shape index (κ1) is 13.8. The van der Waals surface area contributed by atoms with Crippen molar-refractivity contribution in [2.24, 2.45) is 0 Å². The average Bonchev–Trinajstić information content (AvgIpc) is 2.62. The maximum Gasteiger partial charge on any atom is 0.330 e. The van der Waals surface area contributed by atoms with Gasteiger partial charge in [0.2, 0.25) is 6.23 Å². The van der Waals surface area contributed by atoms with E-state index in [0.29, 0.717) is 4.57 Å². The van der Waals surface area contributed by atoms with Crippen molar-refractivity contribution in [3.8, 4) is 0 Å². The number of nitrogens with zero attached hydrogens (tertiary/aromatic N) is 1. The van der Waals surface area contributed by atoms with Gasteiger partial charge in [-0.2, -0.15) is 0 Å². The van der Waals surface area contributed by atoms with Crippen LogP contribution in [0.25, 0.3) is 0 Å². The zero-order valence-corrected chi connectivity index (χ0v) is 9.61. The van der Waals surface area contributed by atoms with Gasteiger partial charge in [0.1, 0.15) is 12.3 Å². The van der Waals surface area contributed by atoms with E-state index in [-0.39, 0.29) is 0 Å². The maximum absolute atomic E-state index is 13.8. The van der Waals surface area contributed by atoms with E-state index in [0.717, 1.165) is 12.3 Å². The summed E-state index contributed by atoms with van der Waals surface area (Å²) in [6, 6.07) is 0.870. The molecule has 0 spiro atoms. The van der Waals surface area contributed by atoms with Gasteiger partial charge in [-0.15, -0.1) is 0 Å². The van der Waals surface area contributed by atoms with Crippen LogP contribution in [0.15, 0.2) is 21.9 Å². The van der Waals surface area contributed by atoms with E-state index >= 15 is 0 Å². The van der Waals surface area contributed by atoms with Gasteiger partial charge >= 0.3 is 5.69 Å². The third-order valence-corrected chi connectivity index (χ3v) is 2.92. The third kappa shape index (κ3) is 2.30. The lowest BCUT2D eigenvalue weighted by molar-refractivity contribution is -0.148. The van der Waals surface area contributed by atoms with E-state index in [1.165, 1.54) is 0 Å². The highest BCUT2D eigenvalue weighted by molar-refractivity contribution is 4.99. The van der Waals surface area contributed by atoms with Crippen molar-refractivity contribution in [1.82, 2.24) is 9.55 Å². The Morgan fingerprint density at radius 1 is 1.53 bits per heavy atom. The van der Waals surface area contributed by atoms with Crippen molar-refractivity contribution >= 4 is 0 Å². The number of nitrogens with one attached hydrogen (secondary N) is 1. The summed E-state index contributed by atoms with van der Waals surface area (Å²) in [7, 11) is 0. The number of ether oxygens (including phenoxy) is 1. The molecule has 1 saturated heterocycles. The van der Waals surface area contributed by atoms with Gasteiger partial charge in [-0.05, 0) is 0 Å². The van der Waals surface area contributed by atoms with E-state index < -0.39 is 48.7 Å². The van der Waals surface area contributed by atoms with Crippen LogP contribution in [0.4, 0.5) is 13.2 Å². The van der Waals surface area contributed by atoms with E-state index in [9.17, 15) is 22.8 Å². The molecule has 1 aliphatic heterocycles. The van der Waals surface area contributed by atoms with Gasteiger partial charge in [-0.1, -0.05) is 0 Å². The molecule has 1 aliphatic rings. The summed E-state index contributed by atoms with van der Waals surface area (Å²) in [6.45, 7) is -2.25. The predicted octanol–water partition coefficient (Wildman–Crippen LogP) is -0.209. The highest BCUT2D eigenvalue weighted by atomic mass is 19.3. The minimum atomic E-state index is -3.54. The summed E-state index contributed by atoms with van der Waals surface area (Å²) < 4.78 is 45.7. The molecule has 19 heavy (non-hydrogen) atoms. The number of aromatic amines is 1.